The predicted molar refractivity (Wildman–Crippen MR) is 96.3 cm³/mol. The van der Waals surface area contributed by atoms with Crippen LogP contribution in [0.4, 0.5) is 0 Å². The Morgan fingerprint density at radius 3 is 2.50 bits per heavy atom. The zero-order chi connectivity index (χ0) is 14.9. The van der Waals surface area contributed by atoms with Crippen LogP contribution in [0, 0.1) is 0 Å². The lowest BCUT2D eigenvalue weighted by molar-refractivity contribution is 0.835. The molecule has 4 aromatic rings. The lowest BCUT2D eigenvalue weighted by Gasteiger charge is -2.09. The Balaban J connectivity index is 1.92. The second-order valence-corrected chi connectivity index (χ2v) is 7.33. The first-order valence-corrected chi connectivity index (χ1v) is 8.73. The molecule has 0 aliphatic heterocycles. The van der Waals surface area contributed by atoms with E-state index in [4.69, 9.17) is 4.98 Å². The number of hydrogen-bond donors (Lipinski definition) is 0. The maximum atomic E-state index is 4.84. The number of thiophene rings is 1. The Kier molecular flexibility index (Phi) is 3.56. The third-order valence-corrected chi connectivity index (χ3v) is 5.52. The molecule has 0 spiro atoms. The van der Waals surface area contributed by atoms with E-state index in [1.165, 1.54) is 14.9 Å². The minimum Gasteiger partial charge on any atom is -0.319 e. The monoisotopic (exact) mass is 368 g/mol. The summed E-state index contributed by atoms with van der Waals surface area (Å²) in [6, 6.07) is 20.8. The Morgan fingerprint density at radius 2 is 1.73 bits per heavy atom. The number of benzene rings is 2. The number of aromatic nitrogens is 2. The van der Waals surface area contributed by atoms with Gasteiger partial charge in [0.25, 0.3) is 0 Å². The maximum absolute atomic E-state index is 4.84. The van der Waals surface area contributed by atoms with Crippen LogP contribution in [-0.2, 0) is 6.54 Å². The first kappa shape index (κ1) is 13.7. The quantitative estimate of drug-likeness (QED) is 0.461. The lowest BCUT2D eigenvalue weighted by atomic mass is 10.2. The number of halogens is 1. The summed E-state index contributed by atoms with van der Waals surface area (Å²) < 4.78 is 3.47. The fourth-order valence-electron chi connectivity index (χ4n) is 2.65. The van der Waals surface area contributed by atoms with Gasteiger partial charge in [0, 0.05) is 5.56 Å². The maximum Gasteiger partial charge on any atom is 0.141 e. The number of imidazole rings is 1. The summed E-state index contributed by atoms with van der Waals surface area (Å²) in [5.41, 5.74) is 4.63. The fraction of sp³-hybridized carbons (Fsp3) is 0.0556. The van der Waals surface area contributed by atoms with Crippen LogP contribution in [0.5, 0.6) is 0 Å². The molecule has 108 valence electrons. The Morgan fingerprint density at radius 1 is 0.955 bits per heavy atom. The van der Waals surface area contributed by atoms with Crippen molar-refractivity contribution in [2.24, 2.45) is 0 Å². The summed E-state index contributed by atoms with van der Waals surface area (Å²) in [4.78, 5) is 4.84. The topological polar surface area (TPSA) is 17.8 Å². The summed E-state index contributed by atoms with van der Waals surface area (Å²) in [5.74, 6) is 1.01. The molecule has 2 nitrogen and oxygen atoms in total. The van der Waals surface area contributed by atoms with Crippen LogP contribution in [0.1, 0.15) is 5.56 Å². The second-order valence-electron chi connectivity index (χ2n) is 5.10. The molecule has 0 saturated carbocycles. The molecule has 0 atom stereocenters. The molecule has 0 aliphatic carbocycles. The summed E-state index contributed by atoms with van der Waals surface area (Å²) in [7, 11) is 0. The zero-order valence-corrected chi connectivity index (χ0v) is 14.1. The third kappa shape index (κ3) is 2.38. The largest absolute Gasteiger partial charge is 0.319 e. The van der Waals surface area contributed by atoms with E-state index in [-0.39, 0.29) is 0 Å². The van der Waals surface area contributed by atoms with Crippen molar-refractivity contribution in [1.29, 1.82) is 0 Å². The Bertz CT molecular complexity index is 925. The van der Waals surface area contributed by atoms with Gasteiger partial charge in [0.2, 0.25) is 0 Å². The van der Waals surface area contributed by atoms with Gasteiger partial charge in [-0.15, -0.1) is 11.3 Å². The van der Waals surface area contributed by atoms with Gasteiger partial charge in [-0.3, -0.25) is 0 Å². The van der Waals surface area contributed by atoms with Crippen LogP contribution in [0.15, 0.2) is 69.8 Å². The molecule has 0 unspecified atom stereocenters. The van der Waals surface area contributed by atoms with Crippen LogP contribution < -0.4 is 0 Å². The van der Waals surface area contributed by atoms with E-state index in [2.05, 4.69) is 74.4 Å². The summed E-state index contributed by atoms with van der Waals surface area (Å²) in [6.45, 7) is 0.814. The van der Waals surface area contributed by atoms with E-state index in [0.29, 0.717) is 0 Å². The number of nitrogens with zero attached hydrogens (tertiary/aromatic N) is 2. The highest BCUT2D eigenvalue weighted by atomic mass is 79.9. The van der Waals surface area contributed by atoms with Gasteiger partial charge in [0.05, 0.1) is 21.4 Å². The minimum absolute atomic E-state index is 0.814. The van der Waals surface area contributed by atoms with Gasteiger partial charge in [-0.05, 0) is 45.1 Å². The van der Waals surface area contributed by atoms with Crippen LogP contribution in [0.2, 0.25) is 0 Å². The van der Waals surface area contributed by atoms with Crippen molar-refractivity contribution < 1.29 is 0 Å². The Labute approximate surface area is 141 Å². The number of rotatable bonds is 3. The van der Waals surface area contributed by atoms with E-state index < -0.39 is 0 Å². The summed E-state index contributed by atoms with van der Waals surface area (Å²) in [6.07, 6.45) is 0. The molecule has 0 fully saturated rings. The molecule has 0 amide bonds. The standard InChI is InChI=1S/C18H13BrN2S/c19-17-14(10-11-22-17)12-21-16-9-5-4-8-15(16)20-18(21)13-6-2-1-3-7-13/h1-11H,12H2. The molecule has 4 rings (SSSR count). The minimum atomic E-state index is 0.814. The van der Waals surface area contributed by atoms with Crippen molar-refractivity contribution in [3.05, 3.63) is 75.4 Å². The molecule has 0 aliphatic rings. The summed E-state index contributed by atoms with van der Waals surface area (Å²) >= 11 is 5.36. The molecule has 2 aromatic carbocycles. The van der Waals surface area contributed by atoms with E-state index in [0.717, 1.165) is 23.4 Å². The second kappa shape index (κ2) is 5.71. The van der Waals surface area contributed by atoms with Crippen LogP contribution in [-0.4, -0.2) is 9.55 Å². The van der Waals surface area contributed by atoms with Gasteiger partial charge in [0.1, 0.15) is 5.82 Å². The fourth-order valence-corrected chi connectivity index (χ4v) is 3.86. The Hall–Kier alpha value is -1.91. The van der Waals surface area contributed by atoms with Crippen molar-refractivity contribution in [3.8, 4) is 11.4 Å². The van der Waals surface area contributed by atoms with Crippen molar-refractivity contribution in [1.82, 2.24) is 9.55 Å². The first-order chi connectivity index (χ1) is 10.8. The van der Waals surface area contributed by atoms with E-state index in [1.807, 2.05) is 12.1 Å². The third-order valence-electron chi connectivity index (χ3n) is 3.71. The highest BCUT2D eigenvalue weighted by Gasteiger charge is 2.13. The molecule has 22 heavy (non-hydrogen) atoms. The zero-order valence-electron chi connectivity index (χ0n) is 11.7. The molecule has 0 radical (unpaired) electrons. The van der Waals surface area contributed by atoms with Crippen molar-refractivity contribution >= 4 is 38.3 Å². The average Bonchev–Trinajstić information content (AvgIpc) is 3.13. The number of fused-ring (bicyclic) bond motifs is 1. The number of hydrogen-bond acceptors (Lipinski definition) is 2. The van der Waals surface area contributed by atoms with Crippen molar-refractivity contribution in [2.45, 2.75) is 6.54 Å². The molecular formula is C18H13BrN2S. The number of para-hydroxylation sites is 2. The average molecular weight is 369 g/mol. The molecule has 0 N–H and O–H groups in total. The van der Waals surface area contributed by atoms with Crippen molar-refractivity contribution in [3.63, 3.8) is 0 Å². The van der Waals surface area contributed by atoms with Crippen LogP contribution in [0.25, 0.3) is 22.4 Å². The molecule has 0 bridgehead atoms. The predicted octanol–water partition coefficient (Wildman–Crippen LogP) is 5.58. The van der Waals surface area contributed by atoms with Crippen molar-refractivity contribution in [2.75, 3.05) is 0 Å². The molecule has 4 heteroatoms. The normalized spacial score (nSPS) is 11.1. The van der Waals surface area contributed by atoms with Crippen LogP contribution >= 0.6 is 27.3 Å². The van der Waals surface area contributed by atoms with Crippen LogP contribution in [0.3, 0.4) is 0 Å². The molecule has 2 aromatic heterocycles. The van der Waals surface area contributed by atoms with Gasteiger partial charge in [-0.2, -0.15) is 0 Å². The smallest absolute Gasteiger partial charge is 0.141 e. The van der Waals surface area contributed by atoms with Gasteiger partial charge >= 0.3 is 0 Å². The molecule has 0 saturated heterocycles. The highest BCUT2D eigenvalue weighted by Crippen LogP contribution is 2.29. The first-order valence-electron chi connectivity index (χ1n) is 7.05. The SMILES string of the molecule is Brc1sccc1Cn1c(-c2ccccc2)nc2ccccc21. The van der Waals surface area contributed by atoms with Gasteiger partial charge in [-0.25, -0.2) is 4.98 Å². The van der Waals surface area contributed by atoms with E-state index >= 15 is 0 Å². The van der Waals surface area contributed by atoms with E-state index in [1.54, 1.807) is 11.3 Å². The molecule has 2 heterocycles. The van der Waals surface area contributed by atoms with Gasteiger partial charge in [0.15, 0.2) is 0 Å². The van der Waals surface area contributed by atoms with E-state index in [9.17, 15) is 0 Å². The summed E-state index contributed by atoms with van der Waals surface area (Å²) in [5, 5.41) is 2.11. The lowest BCUT2D eigenvalue weighted by Crippen LogP contribution is -2.01. The van der Waals surface area contributed by atoms with Gasteiger partial charge < -0.3 is 4.57 Å². The van der Waals surface area contributed by atoms with Gasteiger partial charge in [-0.1, -0.05) is 42.5 Å². The molecular weight excluding hydrogens is 356 g/mol. The highest BCUT2D eigenvalue weighted by molar-refractivity contribution is 9.11.